The lowest BCUT2D eigenvalue weighted by Crippen LogP contribution is -2.38. The molecule has 2 heterocycles. The molecule has 0 spiro atoms. The van der Waals surface area contributed by atoms with Gasteiger partial charge in [0.1, 0.15) is 0 Å². The number of fused-ring (bicyclic) bond motifs is 1. The minimum Gasteiger partial charge on any atom is -0.477 e. The number of carbonyl (C=O) groups excluding carboxylic acids is 1. The van der Waals surface area contributed by atoms with Crippen LogP contribution in [0.1, 0.15) is 24.0 Å². The molecule has 1 fully saturated rings. The van der Waals surface area contributed by atoms with Crippen LogP contribution in [0, 0.1) is 5.92 Å². The van der Waals surface area contributed by atoms with E-state index in [9.17, 15) is 4.79 Å². The number of anilines is 1. The summed E-state index contributed by atoms with van der Waals surface area (Å²) < 4.78 is 5.62. The minimum absolute atomic E-state index is 0.0611. The van der Waals surface area contributed by atoms with E-state index in [1.807, 2.05) is 30.3 Å². The van der Waals surface area contributed by atoms with Gasteiger partial charge in [-0.25, -0.2) is 9.78 Å². The van der Waals surface area contributed by atoms with Crippen molar-refractivity contribution in [1.29, 1.82) is 0 Å². The standard InChI is InChI=1S/C19H21N3O2/c23-19(22-10-9-16-3-1-2-4-17(16)22)21-12-15-7-8-18(20-11-15)24-13-14-5-6-14/h1-4,7-8,11,14H,5-6,9-10,12-13H2,(H,21,23). The predicted octanol–water partition coefficient (Wildman–Crippen LogP) is 3.14. The largest absolute Gasteiger partial charge is 0.477 e. The van der Waals surface area contributed by atoms with Crippen LogP contribution >= 0.6 is 0 Å². The average Bonchev–Trinajstić information content (AvgIpc) is 3.36. The van der Waals surface area contributed by atoms with E-state index < -0.39 is 0 Å². The highest BCUT2D eigenvalue weighted by molar-refractivity contribution is 5.94. The van der Waals surface area contributed by atoms with E-state index in [1.54, 1.807) is 11.1 Å². The van der Waals surface area contributed by atoms with Crippen molar-refractivity contribution in [3.63, 3.8) is 0 Å². The number of urea groups is 1. The molecule has 1 aliphatic heterocycles. The zero-order chi connectivity index (χ0) is 16.4. The van der Waals surface area contributed by atoms with E-state index in [0.717, 1.165) is 30.8 Å². The van der Waals surface area contributed by atoms with Crippen LogP contribution in [-0.2, 0) is 13.0 Å². The molecular formula is C19H21N3O2. The van der Waals surface area contributed by atoms with Crippen LogP contribution in [0.2, 0.25) is 0 Å². The average molecular weight is 323 g/mol. The molecule has 2 aliphatic rings. The molecular weight excluding hydrogens is 302 g/mol. The van der Waals surface area contributed by atoms with Crippen molar-refractivity contribution in [1.82, 2.24) is 10.3 Å². The number of hydrogen-bond acceptors (Lipinski definition) is 3. The molecule has 0 bridgehead atoms. The molecule has 1 aromatic heterocycles. The summed E-state index contributed by atoms with van der Waals surface area (Å²) in [4.78, 5) is 18.5. The number of para-hydroxylation sites is 1. The van der Waals surface area contributed by atoms with Crippen molar-refractivity contribution in [3.05, 3.63) is 53.7 Å². The molecule has 1 N–H and O–H groups in total. The van der Waals surface area contributed by atoms with E-state index in [0.29, 0.717) is 18.3 Å². The van der Waals surface area contributed by atoms with Crippen molar-refractivity contribution >= 4 is 11.7 Å². The van der Waals surface area contributed by atoms with Gasteiger partial charge in [-0.3, -0.25) is 4.90 Å². The van der Waals surface area contributed by atoms with Crippen molar-refractivity contribution in [3.8, 4) is 5.88 Å². The van der Waals surface area contributed by atoms with Crippen LogP contribution in [0.25, 0.3) is 0 Å². The second-order valence-electron chi connectivity index (χ2n) is 6.45. The van der Waals surface area contributed by atoms with Crippen molar-refractivity contribution in [2.45, 2.75) is 25.8 Å². The second kappa shape index (κ2) is 6.51. The molecule has 2 amide bonds. The Balaban J connectivity index is 1.31. The fraction of sp³-hybridized carbons (Fsp3) is 0.368. The first-order valence-electron chi connectivity index (χ1n) is 8.50. The molecule has 5 heteroatoms. The van der Waals surface area contributed by atoms with Crippen LogP contribution < -0.4 is 15.0 Å². The summed E-state index contributed by atoms with van der Waals surface area (Å²) in [6, 6.07) is 11.8. The van der Waals surface area contributed by atoms with Gasteiger partial charge in [-0.05, 0) is 42.4 Å². The topological polar surface area (TPSA) is 54.5 Å². The van der Waals surface area contributed by atoms with Gasteiger partial charge in [-0.1, -0.05) is 24.3 Å². The Morgan fingerprint density at radius 3 is 2.92 bits per heavy atom. The Morgan fingerprint density at radius 1 is 1.25 bits per heavy atom. The van der Waals surface area contributed by atoms with E-state index in [-0.39, 0.29) is 6.03 Å². The Labute approximate surface area is 141 Å². The quantitative estimate of drug-likeness (QED) is 0.919. The van der Waals surface area contributed by atoms with E-state index in [2.05, 4.69) is 16.4 Å². The summed E-state index contributed by atoms with van der Waals surface area (Å²) in [5.74, 6) is 1.37. The molecule has 1 aromatic carbocycles. The highest BCUT2D eigenvalue weighted by atomic mass is 16.5. The van der Waals surface area contributed by atoms with Gasteiger partial charge in [-0.2, -0.15) is 0 Å². The molecule has 2 aromatic rings. The van der Waals surface area contributed by atoms with Gasteiger partial charge >= 0.3 is 6.03 Å². The third-order valence-corrected chi connectivity index (χ3v) is 4.54. The molecule has 4 rings (SSSR count). The lowest BCUT2D eigenvalue weighted by Gasteiger charge is -2.18. The Kier molecular flexibility index (Phi) is 4.07. The van der Waals surface area contributed by atoms with Crippen LogP contribution in [0.5, 0.6) is 5.88 Å². The van der Waals surface area contributed by atoms with Crippen molar-refractivity contribution < 1.29 is 9.53 Å². The number of aromatic nitrogens is 1. The number of amides is 2. The summed E-state index contributed by atoms with van der Waals surface area (Å²) in [5.41, 5.74) is 3.21. The number of carbonyl (C=O) groups is 1. The summed E-state index contributed by atoms with van der Waals surface area (Å²) in [6.07, 6.45) is 5.21. The molecule has 0 atom stereocenters. The Morgan fingerprint density at radius 2 is 2.12 bits per heavy atom. The maximum Gasteiger partial charge on any atom is 0.322 e. The first kappa shape index (κ1) is 15.0. The number of pyridine rings is 1. The fourth-order valence-electron chi connectivity index (χ4n) is 2.91. The zero-order valence-electron chi connectivity index (χ0n) is 13.6. The molecule has 5 nitrogen and oxygen atoms in total. The zero-order valence-corrected chi connectivity index (χ0v) is 13.6. The highest BCUT2D eigenvalue weighted by Crippen LogP contribution is 2.29. The first-order chi connectivity index (χ1) is 11.8. The minimum atomic E-state index is -0.0611. The summed E-state index contributed by atoms with van der Waals surface area (Å²) in [5, 5.41) is 2.97. The maximum absolute atomic E-state index is 12.4. The summed E-state index contributed by atoms with van der Waals surface area (Å²) >= 11 is 0. The fourth-order valence-corrected chi connectivity index (χ4v) is 2.91. The van der Waals surface area contributed by atoms with Gasteiger partial charge < -0.3 is 10.1 Å². The lowest BCUT2D eigenvalue weighted by molar-refractivity contribution is 0.246. The summed E-state index contributed by atoms with van der Waals surface area (Å²) in [6.45, 7) is 1.96. The van der Waals surface area contributed by atoms with Crippen LogP contribution in [0.15, 0.2) is 42.6 Å². The smallest absolute Gasteiger partial charge is 0.322 e. The van der Waals surface area contributed by atoms with Gasteiger partial charge in [0.2, 0.25) is 5.88 Å². The van der Waals surface area contributed by atoms with Gasteiger partial charge in [0, 0.05) is 31.0 Å². The van der Waals surface area contributed by atoms with Gasteiger partial charge in [0.15, 0.2) is 0 Å². The predicted molar refractivity (Wildman–Crippen MR) is 92.2 cm³/mol. The lowest BCUT2D eigenvalue weighted by atomic mass is 10.2. The van der Waals surface area contributed by atoms with Gasteiger partial charge in [-0.15, -0.1) is 0 Å². The number of benzene rings is 1. The molecule has 0 radical (unpaired) electrons. The van der Waals surface area contributed by atoms with Crippen LogP contribution in [0.3, 0.4) is 0 Å². The van der Waals surface area contributed by atoms with Crippen LogP contribution in [0.4, 0.5) is 10.5 Å². The third kappa shape index (κ3) is 3.35. The SMILES string of the molecule is O=C(NCc1ccc(OCC2CC2)nc1)N1CCc2ccccc21. The number of ether oxygens (including phenoxy) is 1. The molecule has 24 heavy (non-hydrogen) atoms. The third-order valence-electron chi connectivity index (χ3n) is 4.54. The summed E-state index contributed by atoms with van der Waals surface area (Å²) in [7, 11) is 0. The number of hydrogen-bond donors (Lipinski definition) is 1. The van der Waals surface area contributed by atoms with E-state index >= 15 is 0 Å². The highest BCUT2D eigenvalue weighted by Gasteiger charge is 2.24. The molecule has 1 saturated carbocycles. The van der Waals surface area contributed by atoms with Gasteiger partial charge in [0.05, 0.1) is 6.61 Å². The second-order valence-corrected chi connectivity index (χ2v) is 6.45. The molecule has 124 valence electrons. The van der Waals surface area contributed by atoms with Crippen LogP contribution in [-0.4, -0.2) is 24.2 Å². The van der Waals surface area contributed by atoms with Gasteiger partial charge in [0.25, 0.3) is 0 Å². The first-order valence-corrected chi connectivity index (χ1v) is 8.50. The molecule has 0 saturated heterocycles. The number of nitrogens with zero attached hydrogens (tertiary/aromatic N) is 2. The monoisotopic (exact) mass is 323 g/mol. The number of nitrogens with one attached hydrogen (secondary N) is 1. The Bertz CT molecular complexity index is 726. The normalized spacial score (nSPS) is 15.9. The maximum atomic E-state index is 12.4. The van der Waals surface area contributed by atoms with Crippen molar-refractivity contribution in [2.75, 3.05) is 18.1 Å². The number of rotatable bonds is 5. The van der Waals surface area contributed by atoms with E-state index in [4.69, 9.17) is 4.74 Å². The van der Waals surface area contributed by atoms with E-state index in [1.165, 1.54) is 18.4 Å². The molecule has 1 aliphatic carbocycles. The van der Waals surface area contributed by atoms with Crippen molar-refractivity contribution in [2.24, 2.45) is 5.92 Å². The Hall–Kier alpha value is -2.56. The molecule has 0 unspecified atom stereocenters.